The van der Waals surface area contributed by atoms with Gasteiger partial charge < -0.3 is 10.2 Å². The lowest BCUT2D eigenvalue weighted by atomic mass is 9.62. The molecule has 0 bridgehead atoms. The summed E-state index contributed by atoms with van der Waals surface area (Å²) in [6.07, 6.45) is 2.78. The molecule has 2 N–H and O–H groups in total. The number of carbonyl (C=O) groups is 2. The topological polar surface area (TPSA) is 105 Å². The molecular weight excluding hydrogens is 298 g/mol. The van der Waals surface area contributed by atoms with E-state index in [9.17, 15) is 19.8 Å². The summed E-state index contributed by atoms with van der Waals surface area (Å²) in [5.74, 6) is -2.79. The van der Waals surface area contributed by atoms with Crippen LogP contribution in [0.2, 0.25) is 0 Å². The van der Waals surface area contributed by atoms with E-state index in [1.54, 1.807) is 44.2 Å². The molecule has 0 aliphatic rings. The SMILES string of the molecule is CCC(C(=O)O)(C(=O)O)C(CC)(c1ccccc1)n1cncn1. The normalized spacial score (nSPS) is 14.2. The molecular formula is C16H19N3O4. The fourth-order valence-corrected chi connectivity index (χ4v) is 3.40. The molecule has 0 saturated heterocycles. The van der Waals surface area contributed by atoms with Gasteiger partial charge in [0.25, 0.3) is 0 Å². The Balaban J connectivity index is 2.92. The highest BCUT2D eigenvalue weighted by molar-refractivity contribution is 6.00. The van der Waals surface area contributed by atoms with Crippen LogP contribution >= 0.6 is 0 Å². The number of hydrogen-bond donors (Lipinski definition) is 2. The van der Waals surface area contributed by atoms with E-state index >= 15 is 0 Å². The number of carboxylic acid groups (broad SMARTS) is 2. The average Bonchev–Trinajstić information content (AvgIpc) is 3.07. The van der Waals surface area contributed by atoms with Gasteiger partial charge in [0.05, 0.1) is 0 Å². The molecule has 0 aliphatic carbocycles. The number of hydrogen-bond acceptors (Lipinski definition) is 4. The minimum absolute atomic E-state index is 0.0970. The minimum atomic E-state index is -2.07. The molecule has 0 saturated carbocycles. The van der Waals surface area contributed by atoms with Crippen molar-refractivity contribution in [2.24, 2.45) is 5.41 Å². The van der Waals surface area contributed by atoms with Gasteiger partial charge in [0, 0.05) is 0 Å². The monoisotopic (exact) mass is 317 g/mol. The maximum atomic E-state index is 12.1. The molecule has 0 aliphatic heterocycles. The highest BCUT2D eigenvalue weighted by Gasteiger charge is 2.63. The van der Waals surface area contributed by atoms with Crippen LogP contribution in [0.3, 0.4) is 0 Å². The Kier molecular flexibility index (Phi) is 4.49. The van der Waals surface area contributed by atoms with Gasteiger partial charge in [-0.25, -0.2) is 9.67 Å². The predicted molar refractivity (Wildman–Crippen MR) is 81.8 cm³/mol. The Labute approximate surface area is 133 Å². The summed E-state index contributed by atoms with van der Waals surface area (Å²) >= 11 is 0. The first-order chi connectivity index (χ1) is 11.0. The van der Waals surface area contributed by atoms with Crippen molar-refractivity contribution in [2.75, 3.05) is 0 Å². The van der Waals surface area contributed by atoms with Gasteiger partial charge in [0.1, 0.15) is 18.2 Å². The third-order valence-electron chi connectivity index (χ3n) is 4.54. The van der Waals surface area contributed by atoms with Crippen molar-refractivity contribution < 1.29 is 19.8 Å². The van der Waals surface area contributed by atoms with Gasteiger partial charge in [-0.05, 0) is 18.4 Å². The van der Waals surface area contributed by atoms with Gasteiger partial charge in [-0.2, -0.15) is 5.10 Å². The molecule has 0 amide bonds. The molecule has 2 aromatic rings. The van der Waals surface area contributed by atoms with E-state index in [0.717, 1.165) is 0 Å². The first kappa shape index (κ1) is 16.7. The van der Waals surface area contributed by atoms with E-state index in [1.165, 1.54) is 17.3 Å². The van der Waals surface area contributed by atoms with E-state index in [1.807, 2.05) is 0 Å². The number of aromatic nitrogens is 3. The Morgan fingerprint density at radius 3 is 2.09 bits per heavy atom. The molecule has 0 radical (unpaired) electrons. The van der Waals surface area contributed by atoms with Crippen molar-refractivity contribution in [1.29, 1.82) is 0 Å². The summed E-state index contributed by atoms with van der Waals surface area (Å²) in [7, 11) is 0. The Morgan fingerprint density at radius 1 is 1.09 bits per heavy atom. The van der Waals surface area contributed by atoms with Crippen LogP contribution < -0.4 is 0 Å². The fraction of sp³-hybridized carbons (Fsp3) is 0.375. The lowest BCUT2D eigenvalue weighted by Gasteiger charge is -2.44. The molecule has 1 heterocycles. The standard InChI is InChI=1S/C16H19N3O4/c1-3-15(13(20)21,14(22)23)16(4-2,19-11-17-10-18-19)12-8-6-5-7-9-12/h5-11H,3-4H2,1-2H3,(H,20,21)(H,22,23). The van der Waals surface area contributed by atoms with Crippen molar-refractivity contribution >= 4 is 11.9 Å². The van der Waals surface area contributed by atoms with Crippen LogP contribution in [0.4, 0.5) is 0 Å². The molecule has 1 atom stereocenters. The molecule has 0 spiro atoms. The van der Waals surface area contributed by atoms with Crippen LogP contribution in [0.15, 0.2) is 43.0 Å². The number of benzene rings is 1. The van der Waals surface area contributed by atoms with Crippen molar-refractivity contribution in [3.8, 4) is 0 Å². The van der Waals surface area contributed by atoms with Crippen molar-refractivity contribution in [1.82, 2.24) is 14.8 Å². The van der Waals surface area contributed by atoms with Crippen LogP contribution in [-0.2, 0) is 15.1 Å². The molecule has 1 unspecified atom stereocenters. The van der Waals surface area contributed by atoms with E-state index in [2.05, 4.69) is 10.1 Å². The van der Waals surface area contributed by atoms with Crippen LogP contribution in [0.5, 0.6) is 0 Å². The van der Waals surface area contributed by atoms with Gasteiger partial charge in [0.2, 0.25) is 0 Å². The molecule has 1 aromatic carbocycles. The lowest BCUT2D eigenvalue weighted by molar-refractivity contribution is -0.174. The summed E-state index contributed by atoms with van der Waals surface area (Å²) in [6, 6.07) is 8.74. The quantitative estimate of drug-likeness (QED) is 0.757. The second-order valence-corrected chi connectivity index (χ2v) is 5.29. The molecule has 1 aromatic heterocycles. The maximum Gasteiger partial charge on any atom is 0.323 e. The minimum Gasteiger partial charge on any atom is -0.480 e. The van der Waals surface area contributed by atoms with E-state index < -0.39 is 22.9 Å². The van der Waals surface area contributed by atoms with E-state index in [4.69, 9.17) is 0 Å². The first-order valence-electron chi connectivity index (χ1n) is 7.34. The van der Waals surface area contributed by atoms with Crippen LogP contribution in [0, 0.1) is 5.41 Å². The number of aliphatic carboxylic acids is 2. The van der Waals surface area contributed by atoms with Crippen LogP contribution in [0.1, 0.15) is 32.3 Å². The second kappa shape index (κ2) is 6.20. The number of carboxylic acids is 2. The third kappa shape index (κ3) is 2.19. The first-order valence-corrected chi connectivity index (χ1v) is 7.34. The zero-order valence-electron chi connectivity index (χ0n) is 13.0. The Bertz CT molecular complexity index is 671. The Morgan fingerprint density at radius 2 is 1.70 bits per heavy atom. The fourth-order valence-electron chi connectivity index (χ4n) is 3.40. The number of nitrogens with zero attached hydrogens (tertiary/aromatic N) is 3. The smallest absolute Gasteiger partial charge is 0.323 e. The zero-order chi connectivity index (χ0) is 17.1. The van der Waals surface area contributed by atoms with Crippen molar-refractivity contribution in [2.45, 2.75) is 32.2 Å². The summed E-state index contributed by atoms with van der Waals surface area (Å²) in [5, 5.41) is 23.9. The molecule has 7 heteroatoms. The largest absolute Gasteiger partial charge is 0.480 e. The summed E-state index contributed by atoms with van der Waals surface area (Å²) < 4.78 is 1.36. The molecule has 23 heavy (non-hydrogen) atoms. The van der Waals surface area contributed by atoms with Gasteiger partial charge in [-0.15, -0.1) is 0 Å². The second-order valence-electron chi connectivity index (χ2n) is 5.29. The maximum absolute atomic E-state index is 12.1. The third-order valence-corrected chi connectivity index (χ3v) is 4.54. The van der Waals surface area contributed by atoms with E-state index in [0.29, 0.717) is 5.56 Å². The van der Waals surface area contributed by atoms with Gasteiger partial charge in [0.15, 0.2) is 5.41 Å². The summed E-state index contributed by atoms with van der Waals surface area (Å²) in [6.45, 7) is 3.32. The van der Waals surface area contributed by atoms with Crippen molar-refractivity contribution in [3.05, 3.63) is 48.5 Å². The molecule has 2 rings (SSSR count). The highest BCUT2D eigenvalue weighted by atomic mass is 16.4. The summed E-state index contributed by atoms with van der Waals surface area (Å²) in [5.41, 5.74) is -2.90. The van der Waals surface area contributed by atoms with Crippen LogP contribution in [-0.4, -0.2) is 36.9 Å². The average molecular weight is 317 g/mol. The van der Waals surface area contributed by atoms with E-state index in [-0.39, 0.29) is 12.8 Å². The van der Waals surface area contributed by atoms with Crippen LogP contribution in [0.25, 0.3) is 0 Å². The molecule has 7 nitrogen and oxygen atoms in total. The van der Waals surface area contributed by atoms with Gasteiger partial charge >= 0.3 is 11.9 Å². The highest BCUT2D eigenvalue weighted by Crippen LogP contribution is 2.48. The predicted octanol–water partition coefficient (Wildman–Crippen LogP) is 2.00. The Hall–Kier alpha value is -2.70. The van der Waals surface area contributed by atoms with Crippen molar-refractivity contribution in [3.63, 3.8) is 0 Å². The molecule has 0 fully saturated rings. The van der Waals surface area contributed by atoms with Gasteiger partial charge in [-0.3, -0.25) is 9.59 Å². The lowest BCUT2D eigenvalue weighted by Crippen LogP contribution is -2.59. The van der Waals surface area contributed by atoms with Gasteiger partial charge in [-0.1, -0.05) is 44.2 Å². The number of rotatable bonds is 7. The summed E-state index contributed by atoms with van der Waals surface area (Å²) in [4.78, 5) is 28.1. The molecule has 122 valence electrons. The zero-order valence-corrected chi connectivity index (χ0v) is 13.0.